The molecule has 0 atom stereocenters. The highest BCUT2D eigenvalue weighted by molar-refractivity contribution is 5.70. The second-order valence-corrected chi connectivity index (χ2v) is 4.29. The van der Waals surface area contributed by atoms with Crippen LogP contribution < -0.4 is 5.73 Å². The molecule has 2 aromatic rings. The summed E-state index contributed by atoms with van der Waals surface area (Å²) in [6, 6.07) is 9.72. The molecule has 0 aliphatic heterocycles. The van der Waals surface area contributed by atoms with Gasteiger partial charge >= 0.3 is 5.97 Å². The van der Waals surface area contributed by atoms with E-state index in [1.807, 2.05) is 31.2 Å². The summed E-state index contributed by atoms with van der Waals surface area (Å²) in [6.07, 6.45) is 0. The highest BCUT2D eigenvalue weighted by Gasteiger charge is 2.11. The van der Waals surface area contributed by atoms with E-state index in [1.165, 1.54) is 4.68 Å². The molecule has 5 heteroatoms. The van der Waals surface area contributed by atoms with Gasteiger partial charge in [0, 0.05) is 11.6 Å². The SMILES string of the molecule is CCOC(=O)Cn1nc(-c2cccc(C)c2)cc1N. The number of rotatable bonds is 4. The van der Waals surface area contributed by atoms with Crippen LogP contribution in [0.3, 0.4) is 0 Å². The lowest BCUT2D eigenvalue weighted by atomic mass is 10.1. The van der Waals surface area contributed by atoms with E-state index < -0.39 is 0 Å². The van der Waals surface area contributed by atoms with Gasteiger partial charge in [0.15, 0.2) is 0 Å². The molecule has 1 aromatic heterocycles. The van der Waals surface area contributed by atoms with E-state index in [0.29, 0.717) is 12.4 Å². The Hall–Kier alpha value is -2.30. The molecule has 0 aliphatic carbocycles. The molecular formula is C14H17N3O2. The summed E-state index contributed by atoms with van der Waals surface area (Å²) >= 11 is 0. The number of ether oxygens (including phenoxy) is 1. The smallest absolute Gasteiger partial charge is 0.327 e. The normalized spacial score (nSPS) is 10.4. The minimum Gasteiger partial charge on any atom is -0.465 e. The minimum absolute atomic E-state index is 0.0332. The molecule has 0 saturated heterocycles. The number of aromatic nitrogens is 2. The predicted octanol–water partition coefficient (Wildman–Crippen LogP) is 2.00. The number of carbonyl (C=O) groups excluding carboxylic acids is 1. The van der Waals surface area contributed by atoms with E-state index >= 15 is 0 Å². The van der Waals surface area contributed by atoms with Crippen LogP contribution in [0.4, 0.5) is 5.82 Å². The first-order chi connectivity index (χ1) is 9.10. The minimum atomic E-state index is -0.340. The lowest BCUT2D eigenvalue weighted by Gasteiger charge is -2.03. The number of nitrogens with zero attached hydrogens (tertiary/aromatic N) is 2. The molecule has 0 spiro atoms. The predicted molar refractivity (Wildman–Crippen MR) is 73.4 cm³/mol. The van der Waals surface area contributed by atoms with Crippen molar-refractivity contribution in [2.75, 3.05) is 12.3 Å². The van der Waals surface area contributed by atoms with Crippen LogP contribution in [0.1, 0.15) is 12.5 Å². The monoisotopic (exact) mass is 259 g/mol. The highest BCUT2D eigenvalue weighted by Crippen LogP contribution is 2.21. The van der Waals surface area contributed by atoms with Crippen molar-refractivity contribution in [3.05, 3.63) is 35.9 Å². The molecular weight excluding hydrogens is 242 g/mol. The van der Waals surface area contributed by atoms with Crippen molar-refractivity contribution in [1.82, 2.24) is 9.78 Å². The van der Waals surface area contributed by atoms with Gasteiger partial charge in [0.05, 0.1) is 12.3 Å². The third-order valence-electron chi connectivity index (χ3n) is 2.71. The fourth-order valence-corrected chi connectivity index (χ4v) is 1.83. The molecule has 1 heterocycles. The quantitative estimate of drug-likeness (QED) is 0.853. The largest absolute Gasteiger partial charge is 0.465 e. The number of nitrogens with two attached hydrogens (primary N) is 1. The van der Waals surface area contributed by atoms with Gasteiger partial charge in [-0.2, -0.15) is 5.10 Å². The van der Waals surface area contributed by atoms with Gasteiger partial charge in [0.2, 0.25) is 0 Å². The first kappa shape index (κ1) is 13.1. The molecule has 0 unspecified atom stereocenters. The maximum Gasteiger partial charge on any atom is 0.327 e. The summed E-state index contributed by atoms with van der Waals surface area (Å²) in [6.45, 7) is 4.17. The van der Waals surface area contributed by atoms with Crippen molar-refractivity contribution >= 4 is 11.8 Å². The van der Waals surface area contributed by atoms with E-state index in [4.69, 9.17) is 10.5 Å². The molecule has 0 fully saturated rings. The molecule has 0 bridgehead atoms. The van der Waals surface area contributed by atoms with Crippen molar-refractivity contribution in [2.24, 2.45) is 0 Å². The van der Waals surface area contributed by atoms with Gasteiger partial charge < -0.3 is 10.5 Å². The zero-order chi connectivity index (χ0) is 13.8. The van der Waals surface area contributed by atoms with Crippen LogP contribution in [-0.4, -0.2) is 22.4 Å². The van der Waals surface area contributed by atoms with Crippen LogP contribution in [0.2, 0.25) is 0 Å². The van der Waals surface area contributed by atoms with E-state index in [9.17, 15) is 4.79 Å². The summed E-state index contributed by atoms with van der Waals surface area (Å²) < 4.78 is 6.33. The van der Waals surface area contributed by atoms with Gasteiger partial charge in [-0.15, -0.1) is 0 Å². The summed E-state index contributed by atoms with van der Waals surface area (Å²) in [7, 11) is 0. The van der Waals surface area contributed by atoms with E-state index in [2.05, 4.69) is 5.10 Å². The number of benzene rings is 1. The van der Waals surface area contributed by atoms with Crippen LogP contribution in [-0.2, 0) is 16.1 Å². The van der Waals surface area contributed by atoms with Crippen LogP contribution in [0.5, 0.6) is 0 Å². The molecule has 0 radical (unpaired) electrons. The van der Waals surface area contributed by atoms with Crippen molar-refractivity contribution in [2.45, 2.75) is 20.4 Å². The molecule has 0 amide bonds. The Labute approximate surface area is 112 Å². The van der Waals surface area contributed by atoms with Gasteiger partial charge in [-0.3, -0.25) is 4.79 Å². The van der Waals surface area contributed by atoms with Gasteiger partial charge in [0.25, 0.3) is 0 Å². The van der Waals surface area contributed by atoms with E-state index in [0.717, 1.165) is 16.8 Å². The lowest BCUT2D eigenvalue weighted by molar-refractivity contribution is -0.143. The maximum absolute atomic E-state index is 11.4. The Morgan fingerprint density at radius 2 is 2.21 bits per heavy atom. The molecule has 2 rings (SSSR count). The third-order valence-corrected chi connectivity index (χ3v) is 2.71. The number of aryl methyl sites for hydroxylation is 1. The van der Waals surface area contributed by atoms with Crippen LogP contribution >= 0.6 is 0 Å². The molecule has 0 aliphatic rings. The zero-order valence-electron chi connectivity index (χ0n) is 11.1. The van der Waals surface area contributed by atoms with Crippen molar-refractivity contribution < 1.29 is 9.53 Å². The van der Waals surface area contributed by atoms with Crippen LogP contribution in [0.25, 0.3) is 11.3 Å². The Morgan fingerprint density at radius 3 is 2.89 bits per heavy atom. The second kappa shape index (κ2) is 5.56. The number of nitrogen functional groups attached to an aromatic ring is 1. The molecule has 2 N–H and O–H groups in total. The molecule has 1 aromatic carbocycles. The Kier molecular flexibility index (Phi) is 3.85. The topological polar surface area (TPSA) is 70.1 Å². The van der Waals surface area contributed by atoms with Crippen LogP contribution in [0.15, 0.2) is 30.3 Å². The number of hydrogen-bond acceptors (Lipinski definition) is 4. The summed E-state index contributed by atoms with van der Waals surface area (Å²) in [5, 5.41) is 4.33. The molecule has 19 heavy (non-hydrogen) atoms. The fourth-order valence-electron chi connectivity index (χ4n) is 1.83. The first-order valence-electron chi connectivity index (χ1n) is 6.16. The second-order valence-electron chi connectivity index (χ2n) is 4.29. The van der Waals surface area contributed by atoms with Crippen molar-refractivity contribution in [3.63, 3.8) is 0 Å². The molecule has 100 valence electrons. The Balaban J connectivity index is 2.23. The number of carbonyl (C=O) groups is 1. The Bertz CT molecular complexity index is 590. The van der Waals surface area contributed by atoms with Gasteiger partial charge in [-0.05, 0) is 19.9 Å². The summed E-state index contributed by atoms with van der Waals surface area (Å²) in [4.78, 5) is 11.4. The van der Waals surface area contributed by atoms with Crippen molar-refractivity contribution in [1.29, 1.82) is 0 Å². The fraction of sp³-hybridized carbons (Fsp3) is 0.286. The van der Waals surface area contributed by atoms with Gasteiger partial charge in [-0.1, -0.05) is 23.8 Å². The lowest BCUT2D eigenvalue weighted by Crippen LogP contribution is -2.16. The Morgan fingerprint density at radius 1 is 1.42 bits per heavy atom. The summed E-state index contributed by atoms with van der Waals surface area (Å²) in [5.41, 5.74) is 8.74. The highest BCUT2D eigenvalue weighted by atomic mass is 16.5. The molecule has 0 saturated carbocycles. The summed E-state index contributed by atoms with van der Waals surface area (Å²) in [5.74, 6) is 0.109. The van der Waals surface area contributed by atoms with Crippen LogP contribution in [0, 0.1) is 6.92 Å². The maximum atomic E-state index is 11.4. The number of esters is 1. The number of anilines is 1. The van der Waals surface area contributed by atoms with Crippen molar-refractivity contribution in [3.8, 4) is 11.3 Å². The standard InChI is InChI=1S/C14H17N3O2/c1-3-19-14(18)9-17-13(15)8-12(16-17)11-6-4-5-10(2)7-11/h4-8H,3,9,15H2,1-2H3. The first-order valence-corrected chi connectivity index (χ1v) is 6.16. The zero-order valence-corrected chi connectivity index (χ0v) is 11.1. The third kappa shape index (κ3) is 3.13. The van der Waals surface area contributed by atoms with E-state index in [-0.39, 0.29) is 12.5 Å². The average molecular weight is 259 g/mol. The van der Waals surface area contributed by atoms with E-state index in [1.54, 1.807) is 13.0 Å². The molecule has 5 nitrogen and oxygen atoms in total. The van der Waals surface area contributed by atoms with Gasteiger partial charge in [-0.25, -0.2) is 4.68 Å². The number of hydrogen-bond donors (Lipinski definition) is 1. The average Bonchev–Trinajstić information content (AvgIpc) is 2.71. The van der Waals surface area contributed by atoms with Gasteiger partial charge in [0.1, 0.15) is 12.4 Å².